The fraction of sp³-hybridized carbons (Fsp3) is 0.458. The number of nitrogens with one attached hydrogen (secondary N) is 2. The number of nitrogens with zero attached hydrogens (tertiary/aromatic N) is 1. The van der Waals surface area contributed by atoms with E-state index in [-0.39, 0.29) is 5.91 Å². The summed E-state index contributed by atoms with van der Waals surface area (Å²) in [5.74, 6) is 1.65. The van der Waals surface area contributed by atoms with Gasteiger partial charge in [0.05, 0.1) is 7.11 Å². The Morgan fingerprint density at radius 1 is 1.10 bits per heavy atom. The lowest BCUT2D eigenvalue weighted by Gasteiger charge is -2.34. The van der Waals surface area contributed by atoms with Gasteiger partial charge in [0.15, 0.2) is 0 Å². The number of hydrogen-bond donors (Lipinski definition) is 2. The number of aryl methyl sites for hydroxylation is 1. The maximum atomic E-state index is 12.8. The Morgan fingerprint density at radius 2 is 1.86 bits per heavy atom. The van der Waals surface area contributed by atoms with Gasteiger partial charge in [-0.05, 0) is 67.0 Å². The number of amides is 1. The molecule has 5 nitrogen and oxygen atoms in total. The molecule has 0 bridgehead atoms. The Bertz CT molecular complexity index is 828. The molecule has 4 rings (SSSR count). The van der Waals surface area contributed by atoms with Gasteiger partial charge in [-0.3, -0.25) is 15.6 Å². The fourth-order valence-electron chi connectivity index (χ4n) is 4.54. The van der Waals surface area contributed by atoms with Crippen molar-refractivity contribution in [3.8, 4) is 5.75 Å². The van der Waals surface area contributed by atoms with Crippen LogP contribution in [0.5, 0.6) is 5.75 Å². The Labute approximate surface area is 173 Å². The van der Waals surface area contributed by atoms with Gasteiger partial charge in [0.2, 0.25) is 0 Å². The van der Waals surface area contributed by atoms with Crippen molar-refractivity contribution in [2.24, 2.45) is 5.92 Å². The minimum Gasteiger partial charge on any atom is -0.497 e. The van der Waals surface area contributed by atoms with E-state index >= 15 is 0 Å². The van der Waals surface area contributed by atoms with Gasteiger partial charge in [0, 0.05) is 30.7 Å². The van der Waals surface area contributed by atoms with E-state index in [1.807, 2.05) is 29.2 Å². The van der Waals surface area contributed by atoms with Crippen molar-refractivity contribution >= 4 is 5.91 Å². The first-order valence-corrected chi connectivity index (χ1v) is 10.7. The quantitative estimate of drug-likeness (QED) is 0.813. The average molecular weight is 394 g/mol. The highest BCUT2D eigenvalue weighted by atomic mass is 16.5. The van der Waals surface area contributed by atoms with Crippen molar-refractivity contribution in [1.29, 1.82) is 0 Å². The Hall–Kier alpha value is -2.37. The molecule has 2 heterocycles. The zero-order valence-electron chi connectivity index (χ0n) is 17.4. The number of carbonyl (C=O) groups is 1. The average Bonchev–Trinajstić information content (AvgIpc) is 3.29. The van der Waals surface area contributed by atoms with Gasteiger partial charge in [-0.25, -0.2) is 0 Å². The molecule has 0 spiro atoms. The maximum Gasteiger partial charge on any atom is 0.253 e. The van der Waals surface area contributed by atoms with Crippen LogP contribution in [-0.2, 0) is 6.42 Å². The summed E-state index contributed by atoms with van der Waals surface area (Å²) in [6.07, 6.45) is 4.15. The molecule has 2 N–H and O–H groups in total. The Morgan fingerprint density at radius 3 is 2.55 bits per heavy atom. The van der Waals surface area contributed by atoms with Gasteiger partial charge < -0.3 is 9.64 Å². The number of methoxy groups -OCH3 is 1. The van der Waals surface area contributed by atoms with Crippen molar-refractivity contribution in [2.75, 3.05) is 20.2 Å². The number of likely N-dealkylation sites (tertiary alicyclic amines) is 1. The second-order valence-electron chi connectivity index (χ2n) is 8.14. The third-order valence-corrected chi connectivity index (χ3v) is 6.43. The summed E-state index contributed by atoms with van der Waals surface area (Å²) in [5.41, 5.74) is 10.3. The highest BCUT2D eigenvalue weighted by Gasteiger charge is 2.34. The molecule has 1 amide bonds. The summed E-state index contributed by atoms with van der Waals surface area (Å²) in [6, 6.07) is 17.1. The van der Waals surface area contributed by atoms with Crippen molar-refractivity contribution in [2.45, 2.75) is 44.7 Å². The molecular formula is C24H31N3O2. The zero-order chi connectivity index (χ0) is 20.2. The highest BCUT2D eigenvalue weighted by Crippen LogP contribution is 2.32. The third-order valence-electron chi connectivity index (χ3n) is 6.43. The minimum atomic E-state index is 0.165. The second kappa shape index (κ2) is 8.97. The van der Waals surface area contributed by atoms with E-state index in [1.54, 1.807) is 7.11 Å². The van der Waals surface area contributed by atoms with Crippen LogP contribution >= 0.6 is 0 Å². The number of ether oxygens (including phenoxy) is 1. The molecule has 2 unspecified atom stereocenters. The topological polar surface area (TPSA) is 53.6 Å². The molecule has 2 aliphatic heterocycles. The van der Waals surface area contributed by atoms with Crippen LogP contribution in [0.25, 0.3) is 0 Å². The molecule has 0 aromatic heterocycles. The van der Waals surface area contributed by atoms with Crippen LogP contribution in [0, 0.1) is 5.92 Å². The first kappa shape index (κ1) is 19.9. The molecule has 0 radical (unpaired) electrons. The molecule has 29 heavy (non-hydrogen) atoms. The molecule has 2 fully saturated rings. The number of carbonyl (C=O) groups excluding carboxylic acids is 1. The summed E-state index contributed by atoms with van der Waals surface area (Å²) < 4.78 is 5.36. The van der Waals surface area contributed by atoms with Crippen molar-refractivity contribution in [3.63, 3.8) is 0 Å². The van der Waals surface area contributed by atoms with E-state index in [0.29, 0.717) is 18.0 Å². The van der Waals surface area contributed by atoms with E-state index in [2.05, 4.69) is 42.0 Å². The summed E-state index contributed by atoms with van der Waals surface area (Å²) >= 11 is 0. The predicted octanol–water partition coefficient (Wildman–Crippen LogP) is 3.72. The monoisotopic (exact) mass is 393 g/mol. The van der Waals surface area contributed by atoms with Crippen molar-refractivity contribution in [1.82, 2.24) is 15.8 Å². The van der Waals surface area contributed by atoms with E-state index in [0.717, 1.165) is 50.1 Å². The molecule has 154 valence electrons. The summed E-state index contributed by atoms with van der Waals surface area (Å²) in [4.78, 5) is 14.8. The lowest BCUT2D eigenvalue weighted by molar-refractivity contribution is 0.0673. The molecule has 5 heteroatoms. The predicted molar refractivity (Wildman–Crippen MR) is 115 cm³/mol. The lowest BCUT2D eigenvalue weighted by atomic mass is 9.86. The van der Waals surface area contributed by atoms with Gasteiger partial charge in [0.25, 0.3) is 5.91 Å². The van der Waals surface area contributed by atoms with Gasteiger partial charge >= 0.3 is 0 Å². The number of piperidine rings is 1. The smallest absolute Gasteiger partial charge is 0.253 e. The van der Waals surface area contributed by atoms with Crippen molar-refractivity contribution < 1.29 is 9.53 Å². The van der Waals surface area contributed by atoms with Crippen molar-refractivity contribution in [3.05, 3.63) is 65.2 Å². The van der Waals surface area contributed by atoms with Gasteiger partial charge in [0.1, 0.15) is 5.75 Å². The SMILES string of the molecule is CCc1ccc(C(=O)N2CCC(C3CC(c4cccc(OC)c4)NN3)CC2)cc1. The summed E-state index contributed by atoms with van der Waals surface area (Å²) in [6.45, 7) is 3.80. The van der Waals surface area contributed by atoms with Gasteiger partial charge in [-0.2, -0.15) is 0 Å². The van der Waals surface area contributed by atoms with Crippen LogP contribution in [0.15, 0.2) is 48.5 Å². The first-order chi connectivity index (χ1) is 14.2. The van der Waals surface area contributed by atoms with E-state index in [9.17, 15) is 4.79 Å². The van der Waals surface area contributed by atoms with Gasteiger partial charge in [-0.15, -0.1) is 0 Å². The van der Waals surface area contributed by atoms with Crippen LogP contribution in [0.1, 0.15) is 53.7 Å². The minimum absolute atomic E-state index is 0.165. The molecule has 0 saturated carbocycles. The van der Waals surface area contributed by atoms with Crippen LogP contribution in [0.4, 0.5) is 0 Å². The van der Waals surface area contributed by atoms with E-state index < -0.39 is 0 Å². The van der Waals surface area contributed by atoms with E-state index in [1.165, 1.54) is 11.1 Å². The molecule has 2 aromatic carbocycles. The maximum absolute atomic E-state index is 12.8. The largest absolute Gasteiger partial charge is 0.497 e. The van der Waals surface area contributed by atoms with Gasteiger partial charge in [-0.1, -0.05) is 31.2 Å². The molecular weight excluding hydrogens is 362 g/mol. The van der Waals surface area contributed by atoms with Crippen LogP contribution in [0.3, 0.4) is 0 Å². The molecule has 2 saturated heterocycles. The third kappa shape index (κ3) is 4.46. The summed E-state index contributed by atoms with van der Waals surface area (Å²) in [5, 5.41) is 0. The summed E-state index contributed by atoms with van der Waals surface area (Å²) in [7, 11) is 1.70. The van der Waals surface area contributed by atoms with E-state index in [4.69, 9.17) is 4.74 Å². The highest BCUT2D eigenvalue weighted by molar-refractivity contribution is 5.94. The molecule has 2 aromatic rings. The molecule has 2 aliphatic rings. The number of hydrogen-bond acceptors (Lipinski definition) is 4. The number of rotatable bonds is 5. The first-order valence-electron chi connectivity index (χ1n) is 10.7. The molecule has 2 atom stereocenters. The zero-order valence-corrected chi connectivity index (χ0v) is 17.4. The normalized spacial score (nSPS) is 22.6. The second-order valence-corrected chi connectivity index (χ2v) is 8.14. The Kier molecular flexibility index (Phi) is 6.16. The van der Waals surface area contributed by atoms with Crippen LogP contribution in [-0.4, -0.2) is 37.0 Å². The standard InChI is InChI=1S/C24H31N3O2/c1-3-17-7-9-19(10-8-17)24(28)27-13-11-18(12-14-27)22-16-23(26-25-22)20-5-4-6-21(15-20)29-2/h4-10,15,18,22-23,25-26H,3,11-14,16H2,1-2H3. The van der Waals surface area contributed by atoms with Crippen LogP contribution < -0.4 is 15.6 Å². The Balaban J connectivity index is 1.31. The fourth-order valence-corrected chi connectivity index (χ4v) is 4.54. The number of benzene rings is 2. The van der Waals surface area contributed by atoms with Crippen LogP contribution in [0.2, 0.25) is 0 Å². The number of hydrazine groups is 1. The molecule has 0 aliphatic carbocycles. The lowest BCUT2D eigenvalue weighted by Crippen LogP contribution is -2.44.